The second-order valence-corrected chi connectivity index (χ2v) is 6.75. The molecule has 3 rings (SSSR count). The highest BCUT2D eigenvalue weighted by Crippen LogP contribution is 2.31. The predicted octanol–water partition coefficient (Wildman–Crippen LogP) is 2.12. The number of pyridine rings is 1. The Bertz CT molecular complexity index is 1020. The van der Waals surface area contributed by atoms with Crippen molar-refractivity contribution >= 4 is 27.7 Å². The van der Waals surface area contributed by atoms with Crippen molar-refractivity contribution in [3.05, 3.63) is 36.2 Å². The molecular weight excluding hydrogens is 358 g/mol. The summed E-state index contributed by atoms with van der Waals surface area (Å²) >= 11 is 0. The van der Waals surface area contributed by atoms with Crippen molar-refractivity contribution in [2.75, 3.05) is 14.2 Å². The monoisotopic (exact) mass is 375 g/mol. The van der Waals surface area contributed by atoms with Gasteiger partial charge in [0.25, 0.3) is 0 Å². The minimum Gasteiger partial charge on any atom is -0.508 e. The first-order chi connectivity index (χ1) is 12.5. The zero-order valence-corrected chi connectivity index (χ0v) is 15.2. The summed E-state index contributed by atoms with van der Waals surface area (Å²) in [5.41, 5.74) is 1.29. The highest BCUT2D eigenvalue weighted by molar-refractivity contribution is 7.84. The number of hydrogen-bond acceptors (Lipinski definition) is 7. The molecule has 136 valence electrons. The standard InChI is InChI=1S/C17H17N3O5S/c1-10(21)20-14-8-11(22)4-5-12(14)19-17(20)26(23)9-13-16(25-3)15(24-2)6-7-18-13/h4-8,22H,9H2,1-3H3. The lowest BCUT2D eigenvalue weighted by atomic mass is 10.3. The Hall–Kier alpha value is -2.94. The number of fused-ring (bicyclic) bond motifs is 1. The average Bonchev–Trinajstić information content (AvgIpc) is 3.00. The lowest BCUT2D eigenvalue weighted by molar-refractivity contribution is 0.0931. The summed E-state index contributed by atoms with van der Waals surface area (Å²) in [5.74, 6) is 0.481. The molecule has 0 saturated carbocycles. The maximum atomic E-state index is 12.9. The van der Waals surface area contributed by atoms with Crippen molar-refractivity contribution in [3.8, 4) is 17.2 Å². The topological polar surface area (TPSA) is 104 Å². The molecule has 0 radical (unpaired) electrons. The molecule has 1 unspecified atom stereocenters. The van der Waals surface area contributed by atoms with Crippen LogP contribution in [0.2, 0.25) is 0 Å². The molecule has 0 saturated heterocycles. The van der Waals surface area contributed by atoms with Crippen LogP contribution in [0.1, 0.15) is 17.4 Å². The van der Waals surface area contributed by atoms with E-state index in [9.17, 15) is 14.1 Å². The highest BCUT2D eigenvalue weighted by atomic mass is 32.2. The fourth-order valence-electron chi connectivity index (χ4n) is 2.64. The van der Waals surface area contributed by atoms with Crippen molar-refractivity contribution in [1.29, 1.82) is 0 Å². The molecule has 0 aliphatic heterocycles. The molecular formula is C17H17N3O5S. The second kappa shape index (κ2) is 7.12. The lowest BCUT2D eigenvalue weighted by Gasteiger charge is -2.11. The van der Waals surface area contributed by atoms with E-state index in [0.717, 1.165) is 0 Å². The molecule has 0 spiro atoms. The minimum absolute atomic E-state index is 0.00614. The van der Waals surface area contributed by atoms with E-state index in [-0.39, 0.29) is 22.6 Å². The van der Waals surface area contributed by atoms with Gasteiger partial charge in [-0.25, -0.2) is 4.98 Å². The van der Waals surface area contributed by atoms with Crippen LogP contribution in [-0.4, -0.2) is 44.0 Å². The molecule has 0 aliphatic rings. The predicted molar refractivity (Wildman–Crippen MR) is 95.2 cm³/mol. The van der Waals surface area contributed by atoms with E-state index in [1.165, 1.54) is 44.0 Å². The average molecular weight is 375 g/mol. The maximum absolute atomic E-state index is 12.9. The SMILES string of the molecule is COc1ccnc(CS(=O)c2nc3ccc(O)cc3n2C(C)=O)c1OC. The number of benzene rings is 1. The van der Waals surface area contributed by atoms with Crippen molar-refractivity contribution < 1.29 is 23.6 Å². The molecule has 1 N–H and O–H groups in total. The minimum atomic E-state index is -1.68. The first kappa shape index (κ1) is 17.9. The summed E-state index contributed by atoms with van der Waals surface area (Å²) in [4.78, 5) is 20.6. The van der Waals surface area contributed by atoms with Crippen molar-refractivity contribution in [2.24, 2.45) is 0 Å². The van der Waals surface area contributed by atoms with Gasteiger partial charge in [-0.3, -0.25) is 18.6 Å². The Morgan fingerprint density at radius 2 is 2.04 bits per heavy atom. The number of carbonyl (C=O) groups is 1. The van der Waals surface area contributed by atoms with Crippen molar-refractivity contribution in [1.82, 2.24) is 14.5 Å². The van der Waals surface area contributed by atoms with Crippen LogP contribution in [0.4, 0.5) is 0 Å². The van der Waals surface area contributed by atoms with E-state index in [0.29, 0.717) is 28.2 Å². The first-order valence-corrected chi connectivity index (χ1v) is 8.94. The van der Waals surface area contributed by atoms with Crippen LogP contribution in [0.5, 0.6) is 17.2 Å². The summed E-state index contributed by atoms with van der Waals surface area (Å²) in [5, 5.41) is 9.76. The number of methoxy groups -OCH3 is 2. The van der Waals surface area contributed by atoms with Gasteiger partial charge in [-0.15, -0.1) is 0 Å². The second-order valence-electron chi connectivity index (χ2n) is 5.40. The zero-order chi connectivity index (χ0) is 18.8. The first-order valence-electron chi connectivity index (χ1n) is 7.63. The van der Waals surface area contributed by atoms with E-state index in [4.69, 9.17) is 9.47 Å². The fourth-order valence-corrected chi connectivity index (χ4v) is 3.85. The number of rotatable bonds is 5. The number of aromatic hydroxyl groups is 1. The van der Waals surface area contributed by atoms with Crippen LogP contribution >= 0.6 is 0 Å². The number of phenolic OH excluding ortho intramolecular Hbond substituents is 1. The van der Waals surface area contributed by atoms with Gasteiger partial charge in [-0.2, -0.15) is 0 Å². The number of phenols is 1. The van der Waals surface area contributed by atoms with E-state index in [2.05, 4.69) is 9.97 Å². The summed E-state index contributed by atoms with van der Waals surface area (Å²) in [6.45, 7) is 1.34. The van der Waals surface area contributed by atoms with Gasteiger partial charge in [0.2, 0.25) is 11.1 Å². The van der Waals surface area contributed by atoms with E-state index in [1.54, 1.807) is 12.1 Å². The van der Waals surface area contributed by atoms with Gasteiger partial charge >= 0.3 is 0 Å². The Labute approximate surface area is 151 Å². The van der Waals surface area contributed by atoms with Gasteiger partial charge in [-0.05, 0) is 12.1 Å². The summed E-state index contributed by atoms with van der Waals surface area (Å²) in [6, 6.07) is 6.07. The quantitative estimate of drug-likeness (QED) is 0.728. The molecule has 1 aromatic carbocycles. The van der Waals surface area contributed by atoms with Crippen LogP contribution in [0, 0.1) is 0 Å². The molecule has 2 aromatic heterocycles. The lowest BCUT2D eigenvalue weighted by Crippen LogP contribution is -2.13. The summed E-state index contributed by atoms with van der Waals surface area (Å²) in [7, 11) is 1.30. The van der Waals surface area contributed by atoms with E-state index in [1.807, 2.05) is 0 Å². The third-order valence-electron chi connectivity index (χ3n) is 3.76. The molecule has 26 heavy (non-hydrogen) atoms. The van der Waals surface area contributed by atoms with Crippen molar-refractivity contribution in [3.63, 3.8) is 0 Å². The van der Waals surface area contributed by atoms with Gasteiger partial charge in [0.15, 0.2) is 11.5 Å². The molecule has 9 heteroatoms. The van der Waals surface area contributed by atoms with Gasteiger partial charge in [-0.1, -0.05) is 0 Å². The number of carbonyl (C=O) groups excluding carboxylic acids is 1. The third kappa shape index (κ3) is 3.13. The molecule has 8 nitrogen and oxygen atoms in total. The zero-order valence-electron chi connectivity index (χ0n) is 14.4. The number of imidazole rings is 1. The van der Waals surface area contributed by atoms with Gasteiger partial charge in [0.1, 0.15) is 5.75 Å². The van der Waals surface area contributed by atoms with E-state index >= 15 is 0 Å². The number of ether oxygens (including phenoxy) is 2. The van der Waals surface area contributed by atoms with Gasteiger partial charge < -0.3 is 14.6 Å². The van der Waals surface area contributed by atoms with Crippen LogP contribution in [-0.2, 0) is 16.6 Å². The van der Waals surface area contributed by atoms with Crippen LogP contribution in [0.15, 0.2) is 35.6 Å². The van der Waals surface area contributed by atoms with Gasteiger partial charge in [0, 0.05) is 25.3 Å². The largest absolute Gasteiger partial charge is 0.508 e. The number of aromatic nitrogens is 3. The summed E-state index contributed by atoms with van der Waals surface area (Å²) in [6.07, 6.45) is 1.53. The smallest absolute Gasteiger partial charge is 0.230 e. The fraction of sp³-hybridized carbons (Fsp3) is 0.235. The van der Waals surface area contributed by atoms with E-state index < -0.39 is 10.8 Å². The molecule has 3 aromatic rings. The Balaban J connectivity index is 2.06. The maximum Gasteiger partial charge on any atom is 0.230 e. The number of hydrogen-bond donors (Lipinski definition) is 1. The normalized spacial score (nSPS) is 12.1. The van der Waals surface area contributed by atoms with Crippen LogP contribution in [0.3, 0.4) is 0 Å². The van der Waals surface area contributed by atoms with Crippen LogP contribution in [0.25, 0.3) is 11.0 Å². The van der Waals surface area contributed by atoms with Crippen molar-refractivity contribution in [2.45, 2.75) is 17.8 Å². The Morgan fingerprint density at radius 3 is 2.69 bits per heavy atom. The van der Waals surface area contributed by atoms with Gasteiger partial charge in [0.05, 0.1) is 47.5 Å². The molecule has 1 atom stereocenters. The third-order valence-corrected chi connectivity index (χ3v) is 4.98. The molecule has 0 bridgehead atoms. The number of nitrogens with zero attached hydrogens (tertiary/aromatic N) is 3. The molecule has 0 amide bonds. The Morgan fingerprint density at radius 1 is 1.27 bits per heavy atom. The molecule has 0 aliphatic carbocycles. The molecule has 2 heterocycles. The van der Waals surface area contributed by atoms with Crippen LogP contribution < -0.4 is 9.47 Å². The Kier molecular flexibility index (Phi) is 4.90. The molecule has 0 fully saturated rings. The summed E-state index contributed by atoms with van der Waals surface area (Å²) < 4.78 is 24.7. The highest BCUT2D eigenvalue weighted by Gasteiger charge is 2.22.